The van der Waals surface area contributed by atoms with Crippen molar-refractivity contribution in [3.63, 3.8) is 0 Å². The number of hydrogen-bond acceptors (Lipinski definition) is 8. The highest BCUT2D eigenvalue weighted by Gasteiger charge is 2.17. The third-order valence-corrected chi connectivity index (χ3v) is 7.92. The van der Waals surface area contributed by atoms with E-state index in [-0.39, 0.29) is 36.0 Å². The number of aryl methyl sites for hydroxylation is 4. The minimum Gasteiger partial charge on any atom is -0.294 e. The quantitative estimate of drug-likeness (QED) is 0.103. The van der Waals surface area contributed by atoms with Crippen LogP contribution in [0.5, 0.6) is 0 Å². The lowest BCUT2D eigenvalue weighted by atomic mass is 10.0. The van der Waals surface area contributed by atoms with Crippen molar-refractivity contribution < 1.29 is 19.2 Å². The van der Waals surface area contributed by atoms with Crippen LogP contribution in [0.1, 0.15) is 88.2 Å². The monoisotopic (exact) mass is 666 g/mol. The van der Waals surface area contributed by atoms with Gasteiger partial charge in [-0.05, 0) is 98.5 Å². The van der Waals surface area contributed by atoms with E-state index >= 15 is 0 Å². The van der Waals surface area contributed by atoms with Gasteiger partial charge in [-0.1, -0.05) is 36.4 Å². The van der Waals surface area contributed by atoms with Crippen molar-refractivity contribution in [1.82, 2.24) is 29.5 Å². The Balaban J connectivity index is 0.000000194. The van der Waals surface area contributed by atoms with Crippen LogP contribution in [0.25, 0.3) is 0 Å². The van der Waals surface area contributed by atoms with Gasteiger partial charge < -0.3 is 0 Å². The molecule has 0 aliphatic carbocycles. The molecule has 0 spiro atoms. The van der Waals surface area contributed by atoms with Gasteiger partial charge in [0.25, 0.3) is 0 Å². The molecule has 0 fully saturated rings. The lowest BCUT2D eigenvalue weighted by Gasteiger charge is -2.07. The van der Waals surface area contributed by atoms with Gasteiger partial charge in [-0.15, -0.1) is 0 Å². The third kappa shape index (κ3) is 9.70. The van der Waals surface area contributed by atoms with Gasteiger partial charge in [0.2, 0.25) is 0 Å². The van der Waals surface area contributed by atoms with Crippen LogP contribution in [0, 0.1) is 27.7 Å². The second kappa shape index (κ2) is 16.3. The second-order valence-corrected chi connectivity index (χ2v) is 12.2. The van der Waals surface area contributed by atoms with Gasteiger partial charge in [0, 0.05) is 41.6 Å². The summed E-state index contributed by atoms with van der Waals surface area (Å²) in [5.74, 6) is -0.928. The van der Waals surface area contributed by atoms with E-state index in [1.165, 1.54) is 0 Å². The largest absolute Gasteiger partial charge is 0.294 e. The topological polar surface area (TPSA) is 130 Å². The number of nitrogens with zero attached hydrogens (tertiary/aromatic N) is 6. The number of ketones is 4. The van der Waals surface area contributed by atoms with Crippen molar-refractivity contribution in [2.24, 2.45) is 0 Å². The molecule has 4 heterocycles. The fraction of sp³-hybridized carbons (Fsp3) is 0.200. The molecule has 50 heavy (non-hydrogen) atoms. The minimum absolute atomic E-state index is 0.180. The highest BCUT2D eigenvalue weighted by Crippen LogP contribution is 2.14. The summed E-state index contributed by atoms with van der Waals surface area (Å²) in [5.41, 5.74) is 7.55. The zero-order valence-corrected chi connectivity index (χ0v) is 28.5. The van der Waals surface area contributed by atoms with E-state index in [0.29, 0.717) is 35.6 Å². The summed E-state index contributed by atoms with van der Waals surface area (Å²) in [7, 11) is 0. The predicted molar refractivity (Wildman–Crippen MR) is 190 cm³/mol. The molecule has 2 aromatic carbocycles. The highest BCUT2D eigenvalue weighted by molar-refractivity contribution is 6.13. The molecule has 4 aromatic heterocycles. The fourth-order valence-electron chi connectivity index (χ4n) is 5.22. The van der Waals surface area contributed by atoms with Gasteiger partial charge in [-0.2, -0.15) is 10.2 Å². The van der Waals surface area contributed by atoms with Crippen molar-refractivity contribution >= 4 is 23.1 Å². The number of Topliss-reactive ketones (excluding diaryl/α,β-unsaturated/α-hetero) is 4. The second-order valence-electron chi connectivity index (χ2n) is 12.2. The average Bonchev–Trinajstić information content (AvgIpc) is 3.71. The van der Waals surface area contributed by atoms with Crippen LogP contribution in [0.3, 0.4) is 0 Å². The summed E-state index contributed by atoms with van der Waals surface area (Å²) < 4.78 is 3.69. The molecular formula is C40H38N6O4. The number of benzene rings is 2. The van der Waals surface area contributed by atoms with E-state index in [1.54, 1.807) is 42.9 Å². The Hall–Kier alpha value is -6.16. The molecule has 0 aliphatic rings. The molecule has 0 unspecified atom stereocenters. The molecule has 10 heteroatoms. The van der Waals surface area contributed by atoms with Crippen molar-refractivity contribution in [3.8, 4) is 0 Å². The average molecular weight is 667 g/mol. The Morgan fingerprint density at radius 3 is 1.58 bits per heavy atom. The van der Waals surface area contributed by atoms with Crippen LogP contribution in [-0.2, 0) is 13.1 Å². The van der Waals surface area contributed by atoms with Gasteiger partial charge in [0.05, 0.1) is 31.6 Å². The number of carbonyl (C=O) groups is 4. The van der Waals surface area contributed by atoms with Gasteiger partial charge in [-0.25, -0.2) is 0 Å². The van der Waals surface area contributed by atoms with Crippen LogP contribution in [0.4, 0.5) is 0 Å². The summed E-state index contributed by atoms with van der Waals surface area (Å²) >= 11 is 0. The number of pyridine rings is 2. The van der Waals surface area contributed by atoms with Crippen molar-refractivity contribution in [2.75, 3.05) is 0 Å². The SMILES string of the molecule is Cc1ccnc(C(=O)CC(=O)c2cccc(Cn3ccc(C)n3)c2)c1.Cc1ccnc(C(=O)CC(=O)c2cccc(Cn3nccc3C)c2)c1. The Bertz CT molecular complexity index is 2160. The molecule has 0 aliphatic heterocycles. The van der Waals surface area contributed by atoms with E-state index in [2.05, 4.69) is 20.2 Å². The summed E-state index contributed by atoms with van der Waals surface area (Å²) in [6.07, 6.45) is 6.45. The number of aromatic nitrogens is 6. The zero-order valence-electron chi connectivity index (χ0n) is 28.5. The van der Waals surface area contributed by atoms with Crippen molar-refractivity contribution in [3.05, 3.63) is 166 Å². The van der Waals surface area contributed by atoms with Gasteiger partial charge in [-0.3, -0.25) is 38.5 Å². The summed E-state index contributed by atoms with van der Waals surface area (Å²) in [4.78, 5) is 57.5. The van der Waals surface area contributed by atoms with Crippen molar-refractivity contribution in [2.45, 2.75) is 53.6 Å². The van der Waals surface area contributed by atoms with Gasteiger partial charge in [0.1, 0.15) is 11.4 Å². The van der Waals surface area contributed by atoms with E-state index in [4.69, 9.17) is 0 Å². The van der Waals surface area contributed by atoms with E-state index in [9.17, 15) is 19.2 Å². The standard InChI is InChI=1S/2C20H19N3O2/c1-14-6-8-21-18(10-14)20(25)12-19(24)17-5-3-4-16(11-17)13-23-9-7-15(2)22-23;1-14-6-8-21-18(10-14)20(25)12-19(24)17-5-3-4-16(11-17)13-23-15(2)7-9-22-23/h2*3-11H,12-13H2,1-2H3. The maximum absolute atomic E-state index is 12.5. The number of hydrogen-bond donors (Lipinski definition) is 0. The molecule has 6 aromatic rings. The summed E-state index contributed by atoms with van der Waals surface area (Å²) in [6, 6.07) is 25.6. The smallest absolute Gasteiger partial charge is 0.188 e. The number of carbonyl (C=O) groups excluding carboxylic acids is 4. The molecule has 6 rings (SSSR count). The molecule has 0 amide bonds. The highest BCUT2D eigenvalue weighted by atomic mass is 16.2. The Morgan fingerprint density at radius 2 is 1.12 bits per heavy atom. The lowest BCUT2D eigenvalue weighted by molar-refractivity contribution is 0.0875. The van der Waals surface area contributed by atoms with Crippen LogP contribution < -0.4 is 0 Å². The maximum Gasteiger partial charge on any atom is 0.188 e. The van der Waals surface area contributed by atoms with Crippen LogP contribution in [0.15, 0.2) is 110 Å². The Labute approximate surface area is 290 Å². The maximum atomic E-state index is 12.5. The summed E-state index contributed by atoms with van der Waals surface area (Å²) in [6.45, 7) is 8.87. The first kappa shape index (κ1) is 35.2. The van der Waals surface area contributed by atoms with Gasteiger partial charge >= 0.3 is 0 Å². The fourth-order valence-corrected chi connectivity index (χ4v) is 5.22. The molecule has 0 bridgehead atoms. The van der Waals surface area contributed by atoms with Crippen LogP contribution in [0.2, 0.25) is 0 Å². The lowest BCUT2D eigenvalue weighted by Crippen LogP contribution is -2.11. The first-order valence-electron chi connectivity index (χ1n) is 16.2. The number of rotatable bonds is 12. The Morgan fingerprint density at radius 1 is 0.580 bits per heavy atom. The molecule has 0 atom stereocenters. The van der Waals surface area contributed by atoms with Crippen LogP contribution >= 0.6 is 0 Å². The molecule has 252 valence electrons. The predicted octanol–water partition coefficient (Wildman–Crippen LogP) is 6.80. The van der Waals surface area contributed by atoms with Crippen molar-refractivity contribution in [1.29, 1.82) is 0 Å². The molecule has 0 N–H and O–H groups in total. The van der Waals surface area contributed by atoms with Crippen LogP contribution in [-0.4, -0.2) is 52.7 Å². The van der Waals surface area contributed by atoms with E-state index < -0.39 is 0 Å². The minimum atomic E-state index is -0.262. The third-order valence-electron chi connectivity index (χ3n) is 7.92. The van der Waals surface area contributed by atoms with E-state index in [0.717, 1.165) is 33.6 Å². The van der Waals surface area contributed by atoms with E-state index in [1.807, 2.05) is 104 Å². The molecular weight excluding hydrogens is 628 g/mol. The molecule has 0 saturated heterocycles. The first-order chi connectivity index (χ1) is 24.0. The van der Waals surface area contributed by atoms with Gasteiger partial charge in [0.15, 0.2) is 23.1 Å². The molecule has 0 radical (unpaired) electrons. The normalized spacial score (nSPS) is 10.6. The zero-order chi connectivity index (χ0) is 35.6. The molecule has 0 saturated carbocycles. The summed E-state index contributed by atoms with van der Waals surface area (Å²) in [5, 5.41) is 8.60. The Kier molecular flexibility index (Phi) is 11.5. The first-order valence-corrected chi connectivity index (χ1v) is 16.2. The molecule has 10 nitrogen and oxygen atoms in total.